The van der Waals surface area contributed by atoms with E-state index in [1.165, 1.54) is 0 Å². The maximum Gasteiger partial charge on any atom is 0.319 e. The molecule has 6 nitrogen and oxygen atoms in total. The summed E-state index contributed by atoms with van der Waals surface area (Å²) in [6, 6.07) is -0.145. The molecule has 2 rings (SSSR count). The number of urea groups is 1. The van der Waals surface area contributed by atoms with Gasteiger partial charge in [-0.3, -0.25) is 4.90 Å². The van der Waals surface area contributed by atoms with Gasteiger partial charge >= 0.3 is 6.03 Å². The number of rotatable bonds is 2. The van der Waals surface area contributed by atoms with E-state index in [1.54, 1.807) is 4.90 Å². The Kier molecular flexibility index (Phi) is 3.63. The Balaban J connectivity index is 1.98. The number of aliphatic hydroxyl groups excluding tert-OH is 2. The van der Waals surface area contributed by atoms with Crippen LogP contribution in [-0.4, -0.2) is 59.3 Å². The van der Waals surface area contributed by atoms with Crippen LogP contribution in [0.15, 0.2) is 0 Å². The molecule has 92 valence electrons. The second-order valence-corrected chi connectivity index (χ2v) is 4.25. The number of ether oxygens (including phenoxy) is 1. The molecule has 0 radical (unpaired) electrons. The highest BCUT2D eigenvalue weighted by molar-refractivity contribution is 5.74. The summed E-state index contributed by atoms with van der Waals surface area (Å²) in [7, 11) is 0. The first-order valence-electron chi connectivity index (χ1n) is 5.71. The zero-order chi connectivity index (χ0) is 11.5. The summed E-state index contributed by atoms with van der Waals surface area (Å²) in [5, 5.41) is 21.4. The molecule has 0 bridgehead atoms. The van der Waals surface area contributed by atoms with Crippen molar-refractivity contribution in [3.8, 4) is 0 Å². The van der Waals surface area contributed by atoms with Crippen LogP contribution in [0.4, 0.5) is 4.79 Å². The molecule has 1 unspecified atom stereocenters. The maximum absolute atomic E-state index is 11.7. The fourth-order valence-corrected chi connectivity index (χ4v) is 2.15. The molecule has 3 N–H and O–H groups in total. The number of hydrogen-bond acceptors (Lipinski definition) is 4. The van der Waals surface area contributed by atoms with Gasteiger partial charge in [0.1, 0.15) is 12.3 Å². The molecule has 16 heavy (non-hydrogen) atoms. The summed E-state index contributed by atoms with van der Waals surface area (Å²) >= 11 is 0. The quantitative estimate of drug-likeness (QED) is 0.583. The maximum atomic E-state index is 11.7. The van der Waals surface area contributed by atoms with Crippen LogP contribution >= 0.6 is 0 Å². The molecule has 0 saturated carbocycles. The summed E-state index contributed by atoms with van der Waals surface area (Å²) in [4.78, 5) is 13.3. The highest BCUT2D eigenvalue weighted by Crippen LogP contribution is 2.24. The van der Waals surface area contributed by atoms with E-state index in [2.05, 4.69) is 5.32 Å². The molecule has 2 aliphatic rings. The van der Waals surface area contributed by atoms with Gasteiger partial charge in [-0.1, -0.05) is 0 Å². The Hall–Kier alpha value is -0.850. The van der Waals surface area contributed by atoms with Gasteiger partial charge in [-0.05, 0) is 12.8 Å². The predicted molar refractivity (Wildman–Crippen MR) is 55.7 cm³/mol. The van der Waals surface area contributed by atoms with Crippen molar-refractivity contribution >= 4 is 6.03 Å². The lowest BCUT2D eigenvalue weighted by Gasteiger charge is -2.26. The highest BCUT2D eigenvalue weighted by Gasteiger charge is 2.38. The molecular formula is C10H18N2O4. The average molecular weight is 230 g/mol. The average Bonchev–Trinajstić information content (AvgIpc) is 2.50. The molecule has 2 saturated heterocycles. The molecule has 3 atom stereocenters. The monoisotopic (exact) mass is 230 g/mol. The van der Waals surface area contributed by atoms with E-state index in [0.29, 0.717) is 19.5 Å². The normalized spacial score (nSPS) is 36.0. The smallest absolute Gasteiger partial charge is 0.319 e. The first-order chi connectivity index (χ1) is 7.72. The highest BCUT2D eigenvalue weighted by atomic mass is 16.5. The van der Waals surface area contributed by atoms with Crippen molar-refractivity contribution in [1.29, 1.82) is 0 Å². The van der Waals surface area contributed by atoms with E-state index >= 15 is 0 Å². The van der Waals surface area contributed by atoms with Crippen LogP contribution in [0.25, 0.3) is 0 Å². The molecule has 0 aromatic rings. The van der Waals surface area contributed by atoms with Gasteiger partial charge in [0.05, 0.1) is 12.7 Å². The van der Waals surface area contributed by atoms with Crippen LogP contribution in [-0.2, 0) is 4.74 Å². The Labute approximate surface area is 94.2 Å². The number of carbonyl (C=O) groups excluding carboxylic acids is 1. The van der Waals surface area contributed by atoms with Crippen LogP contribution in [0.5, 0.6) is 0 Å². The zero-order valence-corrected chi connectivity index (χ0v) is 9.13. The van der Waals surface area contributed by atoms with Crippen molar-refractivity contribution in [2.45, 2.75) is 37.7 Å². The van der Waals surface area contributed by atoms with Crippen molar-refractivity contribution in [1.82, 2.24) is 10.2 Å². The molecule has 2 aliphatic heterocycles. The molecule has 0 aliphatic carbocycles. The number of aliphatic hydroxyl groups is 2. The fourth-order valence-electron chi connectivity index (χ4n) is 2.15. The molecule has 0 aromatic carbocycles. The van der Waals surface area contributed by atoms with Crippen LogP contribution in [0.1, 0.15) is 19.3 Å². The first-order valence-corrected chi connectivity index (χ1v) is 5.71. The van der Waals surface area contributed by atoms with Gasteiger partial charge in [-0.15, -0.1) is 0 Å². The van der Waals surface area contributed by atoms with Gasteiger partial charge in [-0.25, -0.2) is 4.79 Å². The first kappa shape index (κ1) is 11.6. The number of hydrogen-bond donors (Lipinski definition) is 3. The molecule has 2 heterocycles. The third-order valence-corrected chi connectivity index (χ3v) is 3.09. The third kappa shape index (κ3) is 2.28. The molecule has 6 heteroatoms. The number of amides is 2. The lowest BCUT2D eigenvalue weighted by Crippen LogP contribution is -2.45. The van der Waals surface area contributed by atoms with Crippen LogP contribution in [0.2, 0.25) is 0 Å². The minimum atomic E-state index is -0.689. The van der Waals surface area contributed by atoms with E-state index in [0.717, 1.165) is 12.8 Å². The summed E-state index contributed by atoms with van der Waals surface area (Å²) < 4.78 is 5.45. The largest absolute Gasteiger partial charge is 0.394 e. The van der Waals surface area contributed by atoms with Gasteiger partial charge < -0.3 is 20.3 Å². The van der Waals surface area contributed by atoms with E-state index in [4.69, 9.17) is 9.84 Å². The second-order valence-electron chi connectivity index (χ2n) is 4.25. The van der Waals surface area contributed by atoms with Crippen LogP contribution in [0.3, 0.4) is 0 Å². The van der Waals surface area contributed by atoms with Crippen molar-refractivity contribution < 1.29 is 19.7 Å². The number of carbonyl (C=O) groups is 1. The molecule has 2 fully saturated rings. The minimum absolute atomic E-state index is 0.145. The van der Waals surface area contributed by atoms with Crippen molar-refractivity contribution in [3.05, 3.63) is 0 Å². The van der Waals surface area contributed by atoms with Crippen LogP contribution in [0, 0.1) is 0 Å². The summed E-state index contributed by atoms with van der Waals surface area (Å²) in [6.07, 6.45) is 0.593. The predicted octanol–water partition coefficient (Wildman–Crippen LogP) is -0.740. The van der Waals surface area contributed by atoms with Gasteiger partial charge in [-0.2, -0.15) is 0 Å². The third-order valence-electron chi connectivity index (χ3n) is 3.09. The Morgan fingerprint density at radius 3 is 3.00 bits per heavy atom. The Morgan fingerprint density at radius 2 is 2.31 bits per heavy atom. The second kappa shape index (κ2) is 4.99. The molecule has 0 aromatic heterocycles. The number of nitrogens with zero attached hydrogens (tertiary/aromatic N) is 1. The van der Waals surface area contributed by atoms with Crippen LogP contribution < -0.4 is 5.32 Å². The van der Waals surface area contributed by atoms with E-state index in [9.17, 15) is 9.90 Å². The fraction of sp³-hybridized carbons (Fsp3) is 0.900. The SMILES string of the molecule is O=C1NCCCCN1C1C[C@H](O)[C@@H](CO)O1. The lowest BCUT2D eigenvalue weighted by molar-refractivity contribution is -0.0634. The van der Waals surface area contributed by atoms with Crippen molar-refractivity contribution in [2.24, 2.45) is 0 Å². The summed E-state index contributed by atoms with van der Waals surface area (Å²) in [5.41, 5.74) is 0. The van der Waals surface area contributed by atoms with E-state index < -0.39 is 18.4 Å². The van der Waals surface area contributed by atoms with Gasteiger partial charge in [0.15, 0.2) is 0 Å². The Morgan fingerprint density at radius 1 is 1.50 bits per heavy atom. The standard InChI is InChI=1S/C10H18N2O4/c13-6-8-7(14)5-9(16-8)12-4-2-1-3-11-10(12)15/h7-9,13-14H,1-6H2,(H,11,15)/t7-,8+,9?/m0/s1. The molecular weight excluding hydrogens is 212 g/mol. The van der Waals surface area contributed by atoms with Gasteiger partial charge in [0.2, 0.25) is 0 Å². The van der Waals surface area contributed by atoms with E-state index in [-0.39, 0.29) is 12.6 Å². The Bertz CT molecular complexity index is 261. The zero-order valence-electron chi connectivity index (χ0n) is 9.13. The molecule has 0 spiro atoms. The van der Waals surface area contributed by atoms with Crippen molar-refractivity contribution in [3.63, 3.8) is 0 Å². The van der Waals surface area contributed by atoms with E-state index in [1.807, 2.05) is 0 Å². The number of nitrogens with one attached hydrogen (secondary N) is 1. The van der Waals surface area contributed by atoms with Crippen molar-refractivity contribution in [2.75, 3.05) is 19.7 Å². The lowest BCUT2D eigenvalue weighted by atomic mass is 10.2. The molecule has 2 amide bonds. The summed E-state index contributed by atoms with van der Waals surface area (Å²) in [5.74, 6) is 0. The minimum Gasteiger partial charge on any atom is -0.394 e. The topological polar surface area (TPSA) is 82.0 Å². The summed E-state index contributed by atoms with van der Waals surface area (Å²) in [6.45, 7) is 1.11. The van der Waals surface area contributed by atoms with Gasteiger partial charge in [0, 0.05) is 19.5 Å². The van der Waals surface area contributed by atoms with Gasteiger partial charge in [0.25, 0.3) is 0 Å².